The molecule has 0 aliphatic rings. The number of nitrogens with zero attached hydrogens (tertiary/aromatic N) is 1. The molecule has 2 rings (SSSR count). The number of methoxy groups -OCH3 is 1. The Morgan fingerprint density at radius 1 is 1.04 bits per heavy atom. The molecule has 0 saturated heterocycles. The number of nitrogens with one attached hydrogen (secondary N) is 1. The summed E-state index contributed by atoms with van der Waals surface area (Å²) < 4.78 is 15.5. The number of carbonyl (C=O) groups is 2. The van der Waals surface area contributed by atoms with Gasteiger partial charge in [0.1, 0.15) is 11.5 Å². The first-order valence-corrected chi connectivity index (χ1v) is 8.33. The topological polar surface area (TPSA) is 97.7 Å². The van der Waals surface area contributed by atoms with Gasteiger partial charge in [-0.3, -0.25) is 9.59 Å². The van der Waals surface area contributed by atoms with Gasteiger partial charge in [0.25, 0.3) is 5.91 Å². The molecule has 0 unspecified atom stereocenters. The largest absolute Gasteiger partial charge is 0.497 e. The Morgan fingerprint density at radius 3 is 2.33 bits per heavy atom. The van der Waals surface area contributed by atoms with E-state index in [0.29, 0.717) is 30.0 Å². The summed E-state index contributed by atoms with van der Waals surface area (Å²) in [5.74, 6) is 0.516. The van der Waals surface area contributed by atoms with Crippen molar-refractivity contribution in [3.05, 3.63) is 54.1 Å². The molecule has 0 aliphatic carbocycles. The predicted octanol–water partition coefficient (Wildman–Crippen LogP) is 2.91. The second-order valence-electron chi connectivity index (χ2n) is 5.53. The number of carbonyl (C=O) groups excluding carboxylic acids is 2. The van der Waals surface area contributed by atoms with E-state index >= 15 is 0 Å². The summed E-state index contributed by atoms with van der Waals surface area (Å²) in [5, 5.41) is 11.3. The SMILES string of the molecule is COc1ccc(OCCCC(=O)OCC(=O)Nc2ccc(C#N)cc2)cc1. The number of ether oxygens (including phenoxy) is 3. The average molecular weight is 368 g/mol. The first kappa shape index (κ1) is 19.8. The molecule has 0 aliphatic heterocycles. The monoisotopic (exact) mass is 368 g/mol. The number of hydrogen-bond donors (Lipinski definition) is 1. The minimum Gasteiger partial charge on any atom is -0.497 e. The van der Waals surface area contributed by atoms with E-state index in [-0.39, 0.29) is 13.0 Å². The van der Waals surface area contributed by atoms with E-state index in [1.807, 2.05) is 6.07 Å². The van der Waals surface area contributed by atoms with Crippen molar-refractivity contribution in [2.45, 2.75) is 12.8 Å². The van der Waals surface area contributed by atoms with Crippen LogP contribution >= 0.6 is 0 Å². The number of hydrogen-bond acceptors (Lipinski definition) is 6. The third-order valence-electron chi connectivity index (χ3n) is 3.52. The zero-order valence-electron chi connectivity index (χ0n) is 14.9. The molecule has 0 bridgehead atoms. The van der Waals surface area contributed by atoms with Crippen LogP contribution in [0.3, 0.4) is 0 Å². The van der Waals surface area contributed by atoms with E-state index in [1.54, 1.807) is 55.6 Å². The second kappa shape index (κ2) is 10.5. The summed E-state index contributed by atoms with van der Waals surface area (Å²) in [6, 6.07) is 15.5. The maximum Gasteiger partial charge on any atom is 0.306 e. The zero-order chi connectivity index (χ0) is 19.5. The molecule has 0 atom stereocenters. The Labute approximate surface area is 157 Å². The predicted molar refractivity (Wildman–Crippen MR) is 98.5 cm³/mol. The van der Waals surface area contributed by atoms with Crippen molar-refractivity contribution < 1.29 is 23.8 Å². The molecule has 7 nitrogen and oxygen atoms in total. The van der Waals surface area contributed by atoms with Crippen molar-refractivity contribution in [1.82, 2.24) is 0 Å². The van der Waals surface area contributed by atoms with Gasteiger partial charge in [-0.2, -0.15) is 5.26 Å². The molecular formula is C20H20N2O5. The molecule has 0 spiro atoms. The normalized spacial score (nSPS) is 9.78. The quantitative estimate of drug-likeness (QED) is 0.540. The van der Waals surface area contributed by atoms with Gasteiger partial charge in [-0.1, -0.05) is 0 Å². The van der Waals surface area contributed by atoms with Gasteiger partial charge in [-0.15, -0.1) is 0 Å². The van der Waals surface area contributed by atoms with E-state index in [9.17, 15) is 9.59 Å². The van der Waals surface area contributed by atoms with Gasteiger partial charge in [-0.25, -0.2) is 0 Å². The molecule has 0 saturated carbocycles. The number of rotatable bonds is 9. The number of benzene rings is 2. The fraction of sp³-hybridized carbons (Fsp3) is 0.250. The molecule has 140 valence electrons. The van der Waals surface area contributed by atoms with Gasteiger partial charge in [0.15, 0.2) is 6.61 Å². The maximum absolute atomic E-state index is 11.8. The molecule has 2 aromatic rings. The lowest BCUT2D eigenvalue weighted by atomic mass is 10.2. The molecule has 0 heterocycles. The van der Waals surface area contributed by atoms with Crippen LogP contribution in [0.4, 0.5) is 5.69 Å². The maximum atomic E-state index is 11.8. The molecule has 2 aromatic carbocycles. The van der Waals surface area contributed by atoms with Crippen molar-refractivity contribution in [1.29, 1.82) is 5.26 Å². The van der Waals surface area contributed by atoms with Crippen LogP contribution in [0, 0.1) is 11.3 Å². The lowest BCUT2D eigenvalue weighted by Gasteiger charge is -2.08. The summed E-state index contributed by atoms with van der Waals surface area (Å²) >= 11 is 0. The van der Waals surface area contributed by atoms with Gasteiger partial charge in [0.05, 0.1) is 25.3 Å². The highest BCUT2D eigenvalue weighted by Gasteiger charge is 2.08. The summed E-state index contributed by atoms with van der Waals surface area (Å²) in [7, 11) is 1.59. The number of amides is 1. The smallest absolute Gasteiger partial charge is 0.306 e. The highest BCUT2D eigenvalue weighted by Crippen LogP contribution is 2.17. The van der Waals surface area contributed by atoms with Crippen LogP contribution < -0.4 is 14.8 Å². The molecule has 7 heteroatoms. The molecule has 0 radical (unpaired) electrons. The average Bonchev–Trinajstić information content (AvgIpc) is 2.70. The molecule has 0 fully saturated rings. The van der Waals surface area contributed by atoms with Gasteiger partial charge < -0.3 is 19.5 Å². The van der Waals surface area contributed by atoms with E-state index in [0.717, 1.165) is 5.75 Å². The summed E-state index contributed by atoms with van der Waals surface area (Å²) in [6.45, 7) is -0.00294. The second-order valence-corrected chi connectivity index (χ2v) is 5.53. The Balaban J connectivity index is 1.60. The van der Waals surface area contributed by atoms with Gasteiger partial charge in [-0.05, 0) is 55.0 Å². The lowest BCUT2D eigenvalue weighted by molar-refractivity contribution is -0.147. The summed E-state index contributed by atoms with van der Waals surface area (Å²) in [4.78, 5) is 23.4. The van der Waals surface area contributed by atoms with E-state index in [1.165, 1.54) is 0 Å². The van der Waals surface area contributed by atoms with Gasteiger partial charge in [0, 0.05) is 12.1 Å². The molecule has 0 aromatic heterocycles. The highest BCUT2D eigenvalue weighted by atomic mass is 16.5. The third-order valence-corrected chi connectivity index (χ3v) is 3.52. The Hall–Kier alpha value is -3.53. The number of anilines is 1. The van der Waals surface area contributed by atoms with Crippen molar-refractivity contribution in [2.24, 2.45) is 0 Å². The van der Waals surface area contributed by atoms with Crippen LogP contribution in [0.5, 0.6) is 11.5 Å². The third kappa shape index (κ3) is 7.08. The fourth-order valence-electron chi connectivity index (χ4n) is 2.12. The first-order chi connectivity index (χ1) is 13.1. The molecule has 27 heavy (non-hydrogen) atoms. The Bertz CT molecular complexity index is 795. The highest BCUT2D eigenvalue weighted by molar-refractivity contribution is 5.92. The molecule has 1 amide bonds. The van der Waals surface area contributed by atoms with Crippen LogP contribution in [0.15, 0.2) is 48.5 Å². The van der Waals surface area contributed by atoms with Crippen molar-refractivity contribution >= 4 is 17.6 Å². The molecular weight excluding hydrogens is 348 g/mol. The Kier molecular flexibility index (Phi) is 7.67. The van der Waals surface area contributed by atoms with Crippen molar-refractivity contribution in [3.63, 3.8) is 0 Å². The number of esters is 1. The zero-order valence-corrected chi connectivity index (χ0v) is 14.9. The summed E-state index contributed by atoms with van der Waals surface area (Å²) in [5.41, 5.74) is 1.03. The van der Waals surface area contributed by atoms with E-state index < -0.39 is 11.9 Å². The minimum absolute atomic E-state index is 0.153. The summed E-state index contributed by atoms with van der Waals surface area (Å²) in [6.07, 6.45) is 0.627. The van der Waals surface area contributed by atoms with Crippen molar-refractivity contribution in [3.8, 4) is 17.6 Å². The first-order valence-electron chi connectivity index (χ1n) is 8.33. The van der Waals surface area contributed by atoms with E-state index in [2.05, 4.69) is 5.32 Å². The Morgan fingerprint density at radius 2 is 1.70 bits per heavy atom. The number of nitriles is 1. The van der Waals surface area contributed by atoms with Gasteiger partial charge in [0.2, 0.25) is 0 Å². The fourth-order valence-corrected chi connectivity index (χ4v) is 2.12. The van der Waals surface area contributed by atoms with Gasteiger partial charge >= 0.3 is 5.97 Å². The molecule has 1 N–H and O–H groups in total. The standard InChI is InChI=1S/C20H20N2O5/c1-25-17-8-10-18(11-9-17)26-12-2-3-20(24)27-14-19(23)22-16-6-4-15(13-21)5-7-16/h4-11H,2-3,12,14H2,1H3,(H,22,23). The van der Waals surface area contributed by atoms with Crippen LogP contribution in [0.1, 0.15) is 18.4 Å². The van der Waals surface area contributed by atoms with Crippen LogP contribution in [-0.2, 0) is 14.3 Å². The van der Waals surface area contributed by atoms with Crippen LogP contribution in [-0.4, -0.2) is 32.2 Å². The van der Waals surface area contributed by atoms with Crippen LogP contribution in [0.25, 0.3) is 0 Å². The van der Waals surface area contributed by atoms with Crippen molar-refractivity contribution in [2.75, 3.05) is 25.6 Å². The van der Waals surface area contributed by atoms with E-state index in [4.69, 9.17) is 19.5 Å². The lowest BCUT2D eigenvalue weighted by Crippen LogP contribution is -2.21. The van der Waals surface area contributed by atoms with Crippen LogP contribution in [0.2, 0.25) is 0 Å². The minimum atomic E-state index is -0.469.